The zero-order valence-electron chi connectivity index (χ0n) is 11.2. The number of aromatic nitrogens is 2. The van der Waals surface area contributed by atoms with Gasteiger partial charge in [0.05, 0.1) is 11.9 Å². The lowest BCUT2D eigenvalue weighted by atomic mass is 9.99. The molecule has 0 saturated carbocycles. The Balaban J connectivity index is 2.31. The lowest BCUT2D eigenvalue weighted by molar-refractivity contribution is 0.287. The molecule has 2 rings (SSSR count). The highest BCUT2D eigenvalue weighted by Gasteiger charge is 2.07. The van der Waals surface area contributed by atoms with Crippen molar-refractivity contribution in [2.45, 2.75) is 33.6 Å². The van der Waals surface area contributed by atoms with Crippen molar-refractivity contribution >= 4 is 0 Å². The van der Waals surface area contributed by atoms with Gasteiger partial charge < -0.3 is 10.1 Å². The van der Waals surface area contributed by atoms with Gasteiger partial charge in [-0.15, -0.1) is 0 Å². The van der Waals surface area contributed by atoms with Gasteiger partial charge in [-0.2, -0.15) is 0 Å². The van der Waals surface area contributed by atoms with E-state index >= 15 is 0 Å². The molecular formula is C15H20N2O. The van der Waals surface area contributed by atoms with E-state index in [9.17, 15) is 0 Å². The van der Waals surface area contributed by atoms with Gasteiger partial charge >= 0.3 is 0 Å². The lowest BCUT2D eigenvalue weighted by Gasteiger charge is -2.08. The van der Waals surface area contributed by atoms with Gasteiger partial charge in [0.15, 0.2) is 0 Å². The molecule has 0 fully saturated rings. The number of aryl methyl sites for hydroxylation is 4. The Hall–Kier alpha value is -1.61. The Labute approximate surface area is 108 Å². The Bertz CT molecular complexity index is 543. The van der Waals surface area contributed by atoms with Crippen molar-refractivity contribution in [3.8, 4) is 11.3 Å². The molecule has 0 amide bonds. The molecule has 0 atom stereocenters. The third-order valence-electron chi connectivity index (χ3n) is 3.33. The standard InChI is InChI=1S/C15H20N2O/c1-10-7-12(3)13(8-11(10)2)14-9-16-15(17-14)5-4-6-18/h7-9,18H,4-6H2,1-3H3,(H,16,17). The maximum Gasteiger partial charge on any atom is 0.106 e. The first-order valence-electron chi connectivity index (χ1n) is 6.34. The van der Waals surface area contributed by atoms with E-state index in [0.29, 0.717) is 0 Å². The van der Waals surface area contributed by atoms with Crippen LogP contribution in [0.1, 0.15) is 28.9 Å². The zero-order chi connectivity index (χ0) is 13.1. The second-order valence-corrected chi connectivity index (χ2v) is 4.82. The van der Waals surface area contributed by atoms with Crippen LogP contribution in [0.3, 0.4) is 0 Å². The van der Waals surface area contributed by atoms with Gasteiger partial charge in [-0.25, -0.2) is 4.98 Å². The van der Waals surface area contributed by atoms with Crippen LogP contribution in [-0.4, -0.2) is 21.7 Å². The van der Waals surface area contributed by atoms with Crippen LogP contribution in [-0.2, 0) is 6.42 Å². The maximum absolute atomic E-state index is 8.82. The molecule has 1 aromatic heterocycles. The van der Waals surface area contributed by atoms with Gasteiger partial charge in [0.25, 0.3) is 0 Å². The average molecular weight is 244 g/mol. The number of nitrogens with zero attached hydrogens (tertiary/aromatic N) is 1. The molecule has 3 heteroatoms. The van der Waals surface area contributed by atoms with Gasteiger partial charge in [0, 0.05) is 18.6 Å². The summed E-state index contributed by atoms with van der Waals surface area (Å²) in [6.45, 7) is 6.59. The van der Waals surface area contributed by atoms with Crippen molar-refractivity contribution in [1.29, 1.82) is 0 Å². The third-order valence-corrected chi connectivity index (χ3v) is 3.33. The Morgan fingerprint density at radius 2 is 1.83 bits per heavy atom. The summed E-state index contributed by atoms with van der Waals surface area (Å²) in [5, 5.41) is 8.82. The highest BCUT2D eigenvalue weighted by molar-refractivity contribution is 5.64. The molecule has 18 heavy (non-hydrogen) atoms. The van der Waals surface area contributed by atoms with Gasteiger partial charge in [-0.1, -0.05) is 6.07 Å². The topological polar surface area (TPSA) is 48.9 Å². The smallest absolute Gasteiger partial charge is 0.106 e. The number of aromatic amines is 1. The van der Waals surface area contributed by atoms with Gasteiger partial charge in [-0.3, -0.25) is 0 Å². The molecule has 0 spiro atoms. The predicted molar refractivity (Wildman–Crippen MR) is 73.6 cm³/mol. The minimum atomic E-state index is 0.207. The normalized spacial score (nSPS) is 10.9. The van der Waals surface area contributed by atoms with Crippen molar-refractivity contribution < 1.29 is 5.11 Å². The van der Waals surface area contributed by atoms with Crippen molar-refractivity contribution in [3.05, 3.63) is 40.8 Å². The molecule has 0 radical (unpaired) electrons. The summed E-state index contributed by atoms with van der Waals surface area (Å²) >= 11 is 0. The Morgan fingerprint density at radius 3 is 2.56 bits per heavy atom. The van der Waals surface area contributed by atoms with E-state index in [1.165, 1.54) is 22.3 Å². The van der Waals surface area contributed by atoms with Crippen molar-refractivity contribution in [2.24, 2.45) is 0 Å². The molecule has 1 aromatic carbocycles. The molecule has 0 aliphatic carbocycles. The summed E-state index contributed by atoms with van der Waals surface area (Å²) in [5.74, 6) is 0.941. The number of hydrogen-bond acceptors (Lipinski definition) is 2. The molecule has 0 aliphatic heterocycles. The van der Waals surface area contributed by atoms with Crippen LogP contribution < -0.4 is 0 Å². The van der Waals surface area contributed by atoms with E-state index in [2.05, 4.69) is 42.9 Å². The monoisotopic (exact) mass is 244 g/mol. The molecule has 0 aliphatic rings. The van der Waals surface area contributed by atoms with Crippen LogP contribution >= 0.6 is 0 Å². The Morgan fingerprint density at radius 1 is 1.11 bits per heavy atom. The van der Waals surface area contributed by atoms with Gasteiger partial charge in [0.2, 0.25) is 0 Å². The summed E-state index contributed by atoms with van der Waals surface area (Å²) in [5.41, 5.74) is 6.14. The summed E-state index contributed by atoms with van der Waals surface area (Å²) < 4.78 is 0. The molecule has 3 nitrogen and oxygen atoms in total. The fraction of sp³-hybridized carbons (Fsp3) is 0.400. The van der Waals surface area contributed by atoms with Crippen LogP contribution in [0.4, 0.5) is 0 Å². The molecule has 2 N–H and O–H groups in total. The second-order valence-electron chi connectivity index (χ2n) is 4.82. The minimum Gasteiger partial charge on any atom is -0.396 e. The molecule has 2 aromatic rings. The number of aliphatic hydroxyl groups is 1. The fourth-order valence-corrected chi connectivity index (χ4v) is 2.12. The van der Waals surface area contributed by atoms with E-state index < -0.39 is 0 Å². The van der Waals surface area contributed by atoms with Gasteiger partial charge in [-0.05, 0) is 49.9 Å². The van der Waals surface area contributed by atoms with E-state index in [-0.39, 0.29) is 6.61 Å². The second kappa shape index (κ2) is 5.36. The number of nitrogens with one attached hydrogen (secondary N) is 1. The van der Waals surface area contributed by atoms with E-state index in [0.717, 1.165) is 24.4 Å². The molecule has 96 valence electrons. The average Bonchev–Trinajstić information content (AvgIpc) is 2.79. The number of H-pyrrole nitrogens is 1. The highest BCUT2D eigenvalue weighted by atomic mass is 16.2. The molecule has 0 bridgehead atoms. The molecule has 0 saturated heterocycles. The molecule has 0 unspecified atom stereocenters. The Kier molecular flexibility index (Phi) is 3.82. The predicted octanol–water partition coefficient (Wildman–Crippen LogP) is 2.93. The summed E-state index contributed by atoms with van der Waals surface area (Å²) in [6.07, 6.45) is 3.42. The number of imidazole rings is 1. The quantitative estimate of drug-likeness (QED) is 0.868. The van der Waals surface area contributed by atoms with Crippen LogP contribution in [0.25, 0.3) is 11.3 Å². The third kappa shape index (κ3) is 2.62. The lowest BCUT2D eigenvalue weighted by Crippen LogP contribution is -1.92. The number of benzene rings is 1. The van der Waals surface area contributed by atoms with Crippen LogP contribution in [0.15, 0.2) is 18.3 Å². The van der Waals surface area contributed by atoms with E-state index in [1.807, 2.05) is 6.20 Å². The van der Waals surface area contributed by atoms with Crippen molar-refractivity contribution in [3.63, 3.8) is 0 Å². The number of rotatable bonds is 4. The SMILES string of the molecule is Cc1cc(C)c(-c2cnc(CCCO)[nH]2)cc1C. The number of hydrogen-bond donors (Lipinski definition) is 2. The highest BCUT2D eigenvalue weighted by Crippen LogP contribution is 2.25. The van der Waals surface area contributed by atoms with Crippen LogP contribution in [0.2, 0.25) is 0 Å². The largest absolute Gasteiger partial charge is 0.396 e. The fourth-order valence-electron chi connectivity index (χ4n) is 2.12. The van der Waals surface area contributed by atoms with Crippen molar-refractivity contribution in [2.75, 3.05) is 6.61 Å². The van der Waals surface area contributed by atoms with Crippen LogP contribution in [0, 0.1) is 20.8 Å². The van der Waals surface area contributed by atoms with E-state index in [1.54, 1.807) is 0 Å². The number of aliphatic hydroxyl groups excluding tert-OH is 1. The van der Waals surface area contributed by atoms with Crippen LogP contribution in [0.5, 0.6) is 0 Å². The summed E-state index contributed by atoms with van der Waals surface area (Å²) in [7, 11) is 0. The minimum absolute atomic E-state index is 0.207. The maximum atomic E-state index is 8.82. The molecular weight excluding hydrogens is 224 g/mol. The molecule has 1 heterocycles. The first kappa shape index (κ1) is 12.8. The summed E-state index contributed by atoms with van der Waals surface area (Å²) in [6, 6.07) is 4.41. The first-order valence-corrected chi connectivity index (χ1v) is 6.34. The van der Waals surface area contributed by atoms with Crippen molar-refractivity contribution in [1.82, 2.24) is 9.97 Å². The zero-order valence-corrected chi connectivity index (χ0v) is 11.2. The first-order chi connectivity index (χ1) is 8.61. The van der Waals surface area contributed by atoms with Gasteiger partial charge in [0.1, 0.15) is 5.82 Å². The summed E-state index contributed by atoms with van der Waals surface area (Å²) in [4.78, 5) is 7.69. The van der Waals surface area contributed by atoms with E-state index in [4.69, 9.17) is 5.11 Å².